The Balaban J connectivity index is 2.60. The molecule has 0 saturated carbocycles. The van der Waals surface area contributed by atoms with Gasteiger partial charge in [0.2, 0.25) is 0 Å². The van der Waals surface area contributed by atoms with Crippen LogP contribution in [0.3, 0.4) is 0 Å². The van der Waals surface area contributed by atoms with Crippen LogP contribution in [0.25, 0.3) is 5.69 Å². The van der Waals surface area contributed by atoms with Gasteiger partial charge in [-0.25, -0.2) is 0 Å². The maximum atomic E-state index is 8.87. The summed E-state index contributed by atoms with van der Waals surface area (Å²) in [5.41, 5.74) is 1.29. The molecule has 0 amide bonds. The van der Waals surface area contributed by atoms with E-state index in [4.69, 9.17) is 28.5 Å². The molecular weight excluding hydrogens is 231 g/mol. The van der Waals surface area contributed by atoms with E-state index in [2.05, 4.69) is 6.07 Å². The summed E-state index contributed by atoms with van der Waals surface area (Å²) in [7, 11) is 0. The van der Waals surface area contributed by atoms with Crippen LogP contribution in [-0.4, -0.2) is 4.57 Å². The Kier molecular flexibility index (Phi) is 2.68. The lowest BCUT2D eigenvalue weighted by molar-refractivity contribution is 1.05. The summed E-state index contributed by atoms with van der Waals surface area (Å²) in [5.74, 6) is 0. The Morgan fingerprint density at radius 1 is 1.20 bits per heavy atom. The summed E-state index contributed by atoms with van der Waals surface area (Å²) in [4.78, 5) is 0. The predicted octanol–water partition coefficient (Wildman–Crippen LogP) is 3.66. The standard InChI is InChI=1S/C11H6Cl2N2/c12-8-3-4-11(10(13)6-8)15-5-1-2-9(15)7-14/h1-6H. The summed E-state index contributed by atoms with van der Waals surface area (Å²) in [6, 6.07) is 10.8. The van der Waals surface area contributed by atoms with Crippen LogP contribution in [-0.2, 0) is 0 Å². The number of rotatable bonds is 1. The molecule has 1 aromatic heterocycles. The lowest BCUT2D eigenvalue weighted by Crippen LogP contribution is -1.95. The number of hydrogen-bond acceptors (Lipinski definition) is 1. The molecule has 0 radical (unpaired) electrons. The summed E-state index contributed by atoms with van der Waals surface area (Å²) < 4.78 is 1.72. The van der Waals surface area contributed by atoms with Crippen molar-refractivity contribution in [1.29, 1.82) is 5.26 Å². The van der Waals surface area contributed by atoms with Crippen molar-refractivity contribution in [2.24, 2.45) is 0 Å². The lowest BCUT2D eigenvalue weighted by atomic mass is 10.3. The molecule has 15 heavy (non-hydrogen) atoms. The van der Waals surface area contributed by atoms with Crippen molar-refractivity contribution in [3.05, 3.63) is 52.3 Å². The van der Waals surface area contributed by atoms with E-state index in [1.165, 1.54) is 0 Å². The van der Waals surface area contributed by atoms with E-state index >= 15 is 0 Å². The van der Waals surface area contributed by atoms with Crippen molar-refractivity contribution in [3.8, 4) is 11.8 Å². The molecule has 2 aromatic rings. The Hall–Kier alpha value is -1.43. The van der Waals surface area contributed by atoms with E-state index in [0.29, 0.717) is 15.7 Å². The van der Waals surface area contributed by atoms with Crippen molar-refractivity contribution < 1.29 is 0 Å². The Morgan fingerprint density at radius 3 is 2.67 bits per heavy atom. The molecule has 4 heteroatoms. The molecule has 0 spiro atoms. The summed E-state index contributed by atoms with van der Waals surface area (Å²) in [6.07, 6.45) is 1.79. The topological polar surface area (TPSA) is 28.7 Å². The first-order chi connectivity index (χ1) is 7.22. The molecule has 0 saturated heterocycles. The quantitative estimate of drug-likeness (QED) is 0.743. The molecule has 0 aliphatic carbocycles. The van der Waals surface area contributed by atoms with Crippen LogP contribution in [0.4, 0.5) is 0 Å². The van der Waals surface area contributed by atoms with E-state index in [0.717, 1.165) is 5.69 Å². The molecule has 2 nitrogen and oxygen atoms in total. The first-order valence-electron chi connectivity index (χ1n) is 4.25. The third-order valence-electron chi connectivity index (χ3n) is 2.03. The van der Waals surface area contributed by atoms with Crippen LogP contribution in [0.15, 0.2) is 36.5 Å². The van der Waals surface area contributed by atoms with Crippen molar-refractivity contribution >= 4 is 23.2 Å². The Morgan fingerprint density at radius 2 is 2.00 bits per heavy atom. The second kappa shape index (κ2) is 3.98. The van der Waals surface area contributed by atoms with Crippen LogP contribution in [0, 0.1) is 11.3 Å². The highest BCUT2D eigenvalue weighted by molar-refractivity contribution is 6.35. The molecule has 0 N–H and O–H groups in total. The molecule has 0 atom stereocenters. The molecule has 0 aliphatic rings. The fourth-order valence-corrected chi connectivity index (χ4v) is 1.86. The highest BCUT2D eigenvalue weighted by Crippen LogP contribution is 2.25. The zero-order chi connectivity index (χ0) is 10.8. The first-order valence-corrected chi connectivity index (χ1v) is 5.01. The summed E-state index contributed by atoms with van der Waals surface area (Å²) in [5, 5.41) is 9.98. The molecule has 1 aromatic carbocycles. The maximum Gasteiger partial charge on any atom is 0.124 e. The molecule has 0 fully saturated rings. The van der Waals surface area contributed by atoms with E-state index in [9.17, 15) is 0 Å². The van der Waals surface area contributed by atoms with E-state index in [1.807, 2.05) is 0 Å². The minimum absolute atomic E-state index is 0.523. The number of halogens is 2. The number of nitriles is 1. The van der Waals surface area contributed by atoms with Crippen molar-refractivity contribution in [3.63, 3.8) is 0 Å². The predicted molar refractivity (Wildman–Crippen MR) is 60.5 cm³/mol. The van der Waals surface area contributed by atoms with Crippen LogP contribution in [0.2, 0.25) is 10.0 Å². The van der Waals surface area contributed by atoms with Gasteiger partial charge in [-0.1, -0.05) is 23.2 Å². The average molecular weight is 237 g/mol. The van der Waals surface area contributed by atoms with Gasteiger partial charge in [-0.2, -0.15) is 5.26 Å². The minimum atomic E-state index is 0.523. The van der Waals surface area contributed by atoms with E-state index < -0.39 is 0 Å². The maximum absolute atomic E-state index is 8.87. The number of aromatic nitrogens is 1. The van der Waals surface area contributed by atoms with Crippen molar-refractivity contribution in [1.82, 2.24) is 4.57 Å². The lowest BCUT2D eigenvalue weighted by Gasteiger charge is -2.07. The molecule has 0 aliphatic heterocycles. The third kappa shape index (κ3) is 1.85. The van der Waals surface area contributed by atoms with Crippen LogP contribution in [0.1, 0.15) is 5.69 Å². The first kappa shape index (κ1) is 10.1. The second-order valence-corrected chi connectivity index (χ2v) is 3.81. The monoisotopic (exact) mass is 236 g/mol. The van der Waals surface area contributed by atoms with Gasteiger partial charge in [0.15, 0.2) is 0 Å². The molecule has 1 heterocycles. The SMILES string of the molecule is N#Cc1cccn1-c1ccc(Cl)cc1Cl. The number of hydrogen-bond donors (Lipinski definition) is 0. The Labute approximate surface area is 97.3 Å². The zero-order valence-corrected chi connectivity index (χ0v) is 9.13. The molecular formula is C11H6Cl2N2. The van der Waals surface area contributed by atoms with Crippen molar-refractivity contribution in [2.45, 2.75) is 0 Å². The summed E-state index contributed by atoms with van der Waals surface area (Å²) >= 11 is 11.8. The van der Waals surface area contributed by atoms with Gasteiger partial charge >= 0.3 is 0 Å². The van der Waals surface area contributed by atoms with Crippen LogP contribution < -0.4 is 0 Å². The molecule has 74 valence electrons. The van der Waals surface area contributed by atoms with Gasteiger partial charge in [0.25, 0.3) is 0 Å². The van der Waals surface area contributed by atoms with Gasteiger partial charge in [0.05, 0.1) is 10.7 Å². The van der Waals surface area contributed by atoms with E-state index in [1.54, 1.807) is 41.1 Å². The summed E-state index contributed by atoms with van der Waals surface area (Å²) in [6.45, 7) is 0. The average Bonchev–Trinajstić information content (AvgIpc) is 2.65. The van der Waals surface area contributed by atoms with Gasteiger partial charge < -0.3 is 4.57 Å². The zero-order valence-electron chi connectivity index (χ0n) is 7.61. The molecule has 0 unspecified atom stereocenters. The fourth-order valence-electron chi connectivity index (χ4n) is 1.36. The van der Waals surface area contributed by atoms with Gasteiger partial charge in [0, 0.05) is 11.2 Å². The highest BCUT2D eigenvalue weighted by Gasteiger charge is 2.06. The number of nitrogens with zero attached hydrogens (tertiary/aromatic N) is 2. The molecule has 2 rings (SSSR count). The fraction of sp³-hybridized carbons (Fsp3) is 0. The van der Waals surface area contributed by atoms with E-state index in [-0.39, 0.29) is 0 Å². The van der Waals surface area contributed by atoms with Gasteiger partial charge in [-0.15, -0.1) is 0 Å². The molecule has 0 bridgehead atoms. The largest absolute Gasteiger partial charge is 0.307 e. The van der Waals surface area contributed by atoms with Crippen LogP contribution in [0.5, 0.6) is 0 Å². The smallest absolute Gasteiger partial charge is 0.124 e. The minimum Gasteiger partial charge on any atom is -0.307 e. The van der Waals surface area contributed by atoms with Gasteiger partial charge in [-0.05, 0) is 30.3 Å². The third-order valence-corrected chi connectivity index (χ3v) is 2.57. The van der Waals surface area contributed by atoms with Gasteiger partial charge in [0.1, 0.15) is 11.8 Å². The highest BCUT2D eigenvalue weighted by atomic mass is 35.5. The normalized spacial score (nSPS) is 9.93. The second-order valence-electron chi connectivity index (χ2n) is 2.97. The van der Waals surface area contributed by atoms with Crippen molar-refractivity contribution in [2.75, 3.05) is 0 Å². The van der Waals surface area contributed by atoms with Crippen LogP contribution >= 0.6 is 23.2 Å². The number of benzene rings is 1. The Bertz CT molecular complexity index is 538. The van der Waals surface area contributed by atoms with Gasteiger partial charge in [-0.3, -0.25) is 0 Å².